The van der Waals surface area contributed by atoms with Crippen LogP contribution in [0.2, 0.25) is 0 Å². The maximum absolute atomic E-state index is 11.9. The van der Waals surface area contributed by atoms with E-state index >= 15 is 0 Å². The summed E-state index contributed by atoms with van der Waals surface area (Å²) in [5.74, 6) is 0. The summed E-state index contributed by atoms with van der Waals surface area (Å²) < 4.78 is 2.32. The van der Waals surface area contributed by atoms with Crippen molar-refractivity contribution < 1.29 is 4.92 Å². The van der Waals surface area contributed by atoms with Gasteiger partial charge >= 0.3 is 5.69 Å². The third-order valence-corrected chi connectivity index (χ3v) is 4.17. The second kappa shape index (κ2) is 5.54. The van der Waals surface area contributed by atoms with Crippen LogP contribution in [0, 0.1) is 24.0 Å². The van der Waals surface area contributed by atoms with Gasteiger partial charge in [-0.2, -0.15) is 4.98 Å². The summed E-state index contributed by atoms with van der Waals surface area (Å²) in [5.41, 5.74) is 1.93. The van der Waals surface area contributed by atoms with Crippen molar-refractivity contribution in [3.8, 4) is 0 Å². The van der Waals surface area contributed by atoms with E-state index < -0.39 is 4.92 Å². The molecule has 1 aromatic carbocycles. The number of nitrogens with zero attached hydrogens (tertiary/aromatic N) is 3. The maximum Gasteiger partial charge on any atom is 0.348 e. The van der Waals surface area contributed by atoms with Crippen molar-refractivity contribution in [3.63, 3.8) is 0 Å². The number of nitro groups is 1. The molecule has 0 saturated carbocycles. The number of aromatic nitrogens is 2. The Morgan fingerprint density at radius 1 is 1.30 bits per heavy atom. The number of halogens is 1. The van der Waals surface area contributed by atoms with E-state index in [2.05, 4.69) is 20.9 Å². The fourth-order valence-corrected chi connectivity index (χ4v) is 2.17. The third-order valence-electron chi connectivity index (χ3n) is 3.02. The highest BCUT2D eigenvalue weighted by Crippen LogP contribution is 2.18. The summed E-state index contributed by atoms with van der Waals surface area (Å²) in [4.78, 5) is 26.0. The van der Waals surface area contributed by atoms with Gasteiger partial charge in [0.1, 0.15) is 0 Å². The van der Waals surface area contributed by atoms with E-state index in [-0.39, 0.29) is 11.4 Å². The van der Waals surface area contributed by atoms with Crippen LogP contribution in [0.25, 0.3) is 0 Å². The Morgan fingerprint density at radius 2 is 1.90 bits per heavy atom. The molecule has 0 amide bonds. The van der Waals surface area contributed by atoms with Crippen LogP contribution >= 0.6 is 15.9 Å². The average Bonchev–Trinajstić information content (AvgIpc) is 2.42. The molecule has 0 aliphatic carbocycles. The van der Waals surface area contributed by atoms with Crippen LogP contribution in [0.3, 0.4) is 0 Å². The molecule has 0 N–H and O–H groups in total. The Kier molecular flexibility index (Phi) is 3.99. The van der Waals surface area contributed by atoms with E-state index in [0.717, 1.165) is 15.7 Å². The van der Waals surface area contributed by atoms with Crippen LogP contribution in [-0.4, -0.2) is 14.5 Å². The van der Waals surface area contributed by atoms with Gasteiger partial charge in [0.25, 0.3) is 5.69 Å². The Morgan fingerprint density at radius 3 is 2.45 bits per heavy atom. The lowest BCUT2D eigenvalue weighted by Gasteiger charge is -2.12. The smallest absolute Gasteiger partial charge is 0.291 e. The Hall–Kier alpha value is -2.02. The molecule has 1 heterocycles. The Labute approximate surface area is 123 Å². The zero-order valence-electron chi connectivity index (χ0n) is 11.0. The molecule has 0 aliphatic rings. The number of hydrogen-bond donors (Lipinski definition) is 0. The fourth-order valence-electron chi connectivity index (χ4n) is 1.87. The molecule has 20 heavy (non-hydrogen) atoms. The zero-order chi connectivity index (χ0) is 14.9. The monoisotopic (exact) mass is 337 g/mol. The van der Waals surface area contributed by atoms with Crippen molar-refractivity contribution in [2.45, 2.75) is 20.4 Å². The van der Waals surface area contributed by atoms with Crippen molar-refractivity contribution in [2.75, 3.05) is 0 Å². The first kappa shape index (κ1) is 14.4. The molecule has 0 bridgehead atoms. The SMILES string of the molecule is Cc1nc(=O)n(Cc2ccc([N+](=O)[O-])cc2)c(C)c1Br. The van der Waals surface area contributed by atoms with Crippen molar-refractivity contribution in [3.05, 3.63) is 66.3 Å². The van der Waals surface area contributed by atoms with Gasteiger partial charge < -0.3 is 0 Å². The molecule has 0 unspecified atom stereocenters. The summed E-state index contributed by atoms with van der Waals surface area (Å²) in [6, 6.07) is 6.12. The number of non-ortho nitro benzene ring substituents is 1. The van der Waals surface area contributed by atoms with Gasteiger partial charge in [0.05, 0.1) is 21.6 Å². The average molecular weight is 338 g/mol. The first-order chi connectivity index (χ1) is 9.40. The van der Waals surface area contributed by atoms with Crippen LogP contribution in [0.5, 0.6) is 0 Å². The topological polar surface area (TPSA) is 78.0 Å². The molecule has 0 fully saturated rings. The van der Waals surface area contributed by atoms with E-state index in [0.29, 0.717) is 12.2 Å². The number of nitro benzene ring substituents is 1. The highest BCUT2D eigenvalue weighted by molar-refractivity contribution is 9.10. The lowest BCUT2D eigenvalue weighted by atomic mass is 10.2. The molecule has 0 atom stereocenters. The van der Waals surface area contributed by atoms with Crippen LogP contribution in [0.1, 0.15) is 17.0 Å². The van der Waals surface area contributed by atoms with E-state index in [1.807, 2.05) is 6.92 Å². The van der Waals surface area contributed by atoms with Gasteiger partial charge in [0.15, 0.2) is 0 Å². The molecule has 2 rings (SSSR count). The lowest BCUT2D eigenvalue weighted by molar-refractivity contribution is -0.384. The van der Waals surface area contributed by atoms with E-state index in [4.69, 9.17) is 0 Å². The second-order valence-corrected chi connectivity index (χ2v) is 5.18. The van der Waals surface area contributed by atoms with Gasteiger partial charge in [0.2, 0.25) is 0 Å². The summed E-state index contributed by atoms with van der Waals surface area (Å²) in [7, 11) is 0. The van der Waals surface area contributed by atoms with Crippen LogP contribution in [0.15, 0.2) is 33.5 Å². The molecular formula is C13H12BrN3O3. The number of rotatable bonds is 3. The third kappa shape index (κ3) is 2.77. The van der Waals surface area contributed by atoms with Crippen molar-refractivity contribution >= 4 is 21.6 Å². The van der Waals surface area contributed by atoms with Gasteiger partial charge in [-0.1, -0.05) is 12.1 Å². The minimum absolute atomic E-state index is 0.0287. The van der Waals surface area contributed by atoms with Crippen molar-refractivity contribution in [1.29, 1.82) is 0 Å². The molecule has 0 saturated heterocycles. The summed E-state index contributed by atoms with van der Waals surface area (Å²) in [6.45, 7) is 3.91. The first-order valence-electron chi connectivity index (χ1n) is 5.87. The highest BCUT2D eigenvalue weighted by Gasteiger charge is 2.10. The van der Waals surface area contributed by atoms with Gasteiger partial charge in [-0.3, -0.25) is 14.7 Å². The summed E-state index contributed by atoms with van der Waals surface area (Å²) >= 11 is 3.40. The molecule has 0 aliphatic heterocycles. The van der Waals surface area contributed by atoms with Gasteiger partial charge in [-0.15, -0.1) is 0 Å². The second-order valence-electron chi connectivity index (χ2n) is 4.39. The van der Waals surface area contributed by atoms with Gasteiger partial charge in [0, 0.05) is 17.8 Å². The lowest BCUT2D eigenvalue weighted by Crippen LogP contribution is -2.26. The van der Waals surface area contributed by atoms with Crippen LogP contribution in [0.4, 0.5) is 5.69 Å². The standard InChI is InChI=1S/C13H12BrN3O3/c1-8-12(14)9(2)16(13(18)15-8)7-10-3-5-11(6-4-10)17(19)20/h3-6H,7H2,1-2H3. The largest absolute Gasteiger partial charge is 0.348 e. The quantitative estimate of drug-likeness (QED) is 0.637. The molecule has 0 radical (unpaired) electrons. The van der Waals surface area contributed by atoms with Gasteiger partial charge in [-0.25, -0.2) is 4.79 Å². The first-order valence-corrected chi connectivity index (χ1v) is 6.66. The Balaban J connectivity index is 2.38. The molecule has 6 nitrogen and oxygen atoms in total. The molecule has 1 aromatic heterocycles. The fraction of sp³-hybridized carbons (Fsp3) is 0.231. The molecule has 2 aromatic rings. The minimum Gasteiger partial charge on any atom is -0.291 e. The van der Waals surface area contributed by atoms with E-state index in [9.17, 15) is 14.9 Å². The van der Waals surface area contributed by atoms with Crippen molar-refractivity contribution in [1.82, 2.24) is 9.55 Å². The van der Waals surface area contributed by atoms with Gasteiger partial charge in [-0.05, 0) is 35.3 Å². The normalized spacial score (nSPS) is 10.6. The van der Waals surface area contributed by atoms with E-state index in [1.165, 1.54) is 16.7 Å². The summed E-state index contributed by atoms with van der Waals surface area (Å²) in [5, 5.41) is 10.6. The summed E-state index contributed by atoms with van der Waals surface area (Å²) in [6.07, 6.45) is 0. The number of benzene rings is 1. The Bertz CT molecular complexity index is 723. The number of aryl methyl sites for hydroxylation is 1. The molecule has 0 spiro atoms. The molecule has 104 valence electrons. The zero-order valence-corrected chi connectivity index (χ0v) is 12.5. The molecule has 7 heteroatoms. The minimum atomic E-state index is -0.453. The molecular weight excluding hydrogens is 326 g/mol. The predicted molar refractivity (Wildman–Crippen MR) is 77.9 cm³/mol. The number of hydrogen-bond acceptors (Lipinski definition) is 4. The van der Waals surface area contributed by atoms with Crippen molar-refractivity contribution in [2.24, 2.45) is 0 Å². The van der Waals surface area contributed by atoms with Crippen LogP contribution < -0.4 is 5.69 Å². The predicted octanol–water partition coefficient (Wildman–Crippen LogP) is 2.58. The van der Waals surface area contributed by atoms with Crippen LogP contribution in [-0.2, 0) is 6.54 Å². The van der Waals surface area contributed by atoms with E-state index in [1.54, 1.807) is 19.1 Å². The highest BCUT2D eigenvalue weighted by atomic mass is 79.9. The maximum atomic E-state index is 11.9.